The predicted octanol–water partition coefficient (Wildman–Crippen LogP) is 4.61. The average Bonchev–Trinajstić information content (AvgIpc) is 3.89. The van der Waals surface area contributed by atoms with Crippen LogP contribution in [0.4, 0.5) is 28.0 Å². The summed E-state index contributed by atoms with van der Waals surface area (Å²) in [4.78, 5) is 30.3. The van der Waals surface area contributed by atoms with E-state index < -0.39 is 57.3 Å². The van der Waals surface area contributed by atoms with E-state index in [0.717, 1.165) is 37.6 Å². The minimum atomic E-state index is -3.46. The Balaban J connectivity index is 1.41. The van der Waals surface area contributed by atoms with Crippen molar-refractivity contribution in [2.45, 2.75) is 68.3 Å². The van der Waals surface area contributed by atoms with Gasteiger partial charge in [0, 0.05) is 42.7 Å². The van der Waals surface area contributed by atoms with Crippen molar-refractivity contribution in [1.29, 1.82) is 0 Å². The van der Waals surface area contributed by atoms with Gasteiger partial charge in [0.25, 0.3) is 0 Å². The summed E-state index contributed by atoms with van der Waals surface area (Å²) >= 11 is 0. The quantitative estimate of drug-likeness (QED) is 0.237. The number of hydrogen-bond donors (Lipinski definition) is 3. The van der Waals surface area contributed by atoms with E-state index in [9.17, 15) is 31.2 Å². The number of nitrogens with zero attached hydrogens (tertiary/aromatic N) is 2. The first-order valence-electron chi connectivity index (χ1n) is 15.6. The lowest BCUT2D eigenvalue weighted by Gasteiger charge is -2.40. The fraction of sp³-hybridized carbons (Fsp3) is 0.424. The Bertz CT molecular complexity index is 1720. The van der Waals surface area contributed by atoms with Gasteiger partial charge in [0.15, 0.2) is 0 Å². The maximum absolute atomic E-state index is 15.2. The number of carbonyl (C=O) groups excluding carboxylic acids is 2. The second kappa shape index (κ2) is 15.0. The molecule has 2 aromatic carbocycles. The molecule has 15 heteroatoms. The van der Waals surface area contributed by atoms with Crippen LogP contribution >= 0.6 is 0 Å². The van der Waals surface area contributed by atoms with E-state index in [1.165, 1.54) is 18.3 Å². The maximum atomic E-state index is 15.2. The zero-order valence-corrected chi connectivity index (χ0v) is 27.2. The third kappa shape index (κ3) is 8.13. The number of pyridine rings is 1. The Morgan fingerprint density at radius 2 is 1.69 bits per heavy atom. The number of halogens is 4. The van der Waals surface area contributed by atoms with Crippen LogP contribution in [0.5, 0.6) is 0 Å². The fourth-order valence-electron chi connectivity index (χ4n) is 6.26. The third-order valence-electron chi connectivity index (χ3n) is 8.63. The van der Waals surface area contributed by atoms with Crippen molar-refractivity contribution < 1.29 is 40.3 Å². The molecule has 2 aliphatic rings. The van der Waals surface area contributed by atoms with Gasteiger partial charge in [-0.3, -0.25) is 9.78 Å². The number of rotatable bonds is 12. The highest BCUT2D eigenvalue weighted by Gasteiger charge is 2.45. The minimum absolute atomic E-state index is 0.0162. The second-order valence-corrected chi connectivity index (χ2v) is 14.2. The highest BCUT2D eigenvalue weighted by Crippen LogP contribution is 2.35. The van der Waals surface area contributed by atoms with E-state index >= 15 is 4.39 Å². The highest BCUT2D eigenvalue weighted by atomic mass is 32.2. The number of nitrogens with one attached hydrogen (secondary N) is 3. The van der Waals surface area contributed by atoms with Gasteiger partial charge in [-0.1, -0.05) is 12.1 Å². The van der Waals surface area contributed by atoms with E-state index in [4.69, 9.17) is 4.74 Å². The number of sulfonamides is 1. The molecule has 1 saturated carbocycles. The van der Waals surface area contributed by atoms with E-state index in [2.05, 4.69) is 20.9 Å². The molecule has 2 heterocycles. The van der Waals surface area contributed by atoms with Crippen LogP contribution in [-0.4, -0.2) is 73.3 Å². The zero-order chi connectivity index (χ0) is 34.6. The molecule has 258 valence electrons. The molecule has 3 N–H and O–H groups in total. The molecule has 2 fully saturated rings. The van der Waals surface area contributed by atoms with Crippen molar-refractivity contribution in [3.05, 3.63) is 94.8 Å². The van der Waals surface area contributed by atoms with E-state index in [0.29, 0.717) is 44.8 Å². The number of methoxy groups -OCH3 is 1. The van der Waals surface area contributed by atoms with Gasteiger partial charge in [-0.25, -0.2) is 30.8 Å². The van der Waals surface area contributed by atoms with Gasteiger partial charge >= 0.3 is 6.09 Å². The standard InChI is InChI=1S/C33H37F4N5O5S/c1-19-15-38-16-25(42(19)48(45,46)26-10-11-26)4-3-5-27-28(37)17-39-18-29(27)40-32(43)31(41-33(44)47-2)30(20-6-8-22(34)9-7-20)21-12-23(35)14-24(36)13-21/h6-9,12-14,17-19,25-26,30-31,38H,3-5,10-11,15-16H2,1-2H3,(H,40,43)(H,41,44). The molecule has 1 aromatic heterocycles. The zero-order valence-electron chi connectivity index (χ0n) is 26.4. The molecule has 2 amide bonds. The number of ether oxygens (including phenoxy) is 1. The Hall–Kier alpha value is -4.08. The molecular formula is C33H37F4N5O5S. The summed E-state index contributed by atoms with van der Waals surface area (Å²) in [5.41, 5.74) is 0.266. The minimum Gasteiger partial charge on any atom is -0.453 e. The van der Waals surface area contributed by atoms with Crippen molar-refractivity contribution in [1.82, 2.24) is 19.9 Å². The highest BCUT2D eigenvalue weighted by molar-refractivity contribution is 7.90. The molecule has 4 atom stereocenters. The van der Waals surface area contributed by atoms with Crippen LogP contribution < -0.4 is 16.0 Å². The monoisotopic (exact) mass is 691 g/mol. The number of benzene rings is 2. The topological polar surface area (TPSA) is 130 Å². The first kappa shape index (κ1) is 35.2. The van der Waals surface area contributed by atoms with Crippen molar-refractivity contribution in [2.24, 2.45) is 0 Å². The van der Waals surface area contributed by atoms with Gasteiger partial charge in [0.1, 0.15) is 29.3 Å². The number of piperazine rings is 1. The molecule has 1 aliphatic carbocycles. The van der Waals surface area contributed by atoms with E-state index in [1.807, 2.05) is 6.92 Å². The summed E-state index contributed by atoms with van der Waals surface area (Å²) < 4.78 is 90.6. The lowest BCUT2D eigenvalue weighted by atomic mass is 9.84. The van der Waals surface area contributed by atoms with Gasteiger partial charge in [-0.2, -0.15) is 4.31 Å². The smallest absolute Gasteiger partial charge is 0.407 e. The van der Waals surface area contributed by atoms with E-state index in [1.54, 1.807) is 4.31 Å². The number of aromatic nitrogens is 1. The van der Waals surface area contributed by atoms with E-state index in [-0.39, 0.29) is 46.1 Å². The number of amides is 2. The second-order valence-electron chi connectivity index (χ2n) is 12.1. The molecule has 1 saturated heterocycles. The Kier molecular flexibility index (Phi) is 11.0. The molecule has 0 spiro atoms. The molecule has 3 aromatic rings. The average molecular weight is 692 g/mol. The molecule has 1 aliphatic heterocycles. The van der Waals surface area contributed by atoms with Crippen LogP contribution in [0.25, 0.3) is 0 Å². The summed E-state index contributed by atoms with van der Waals surface area (Å²) in [6.45, 7) is 2.83. The van der Waals surface area contributed by atoms with Crippen LogP contribution in [0.3, 0.4) is 0 Å². The van der Waals surface area contributed by atoms with Crippen LogP contribution in [0.1, 0.15) is 55.2 Å². The molecule has 0 radical (unpaired) electrons. The predicted molar refractivity (Wildman–Crippen MR) is 170 cm³/mol. The van der Waals surface area contributed by atoms with Crippen LogP contribution in [0.2, 0.25) is 0 Å². The Morgan fingerprint density at radius 3 is 2.33 bits per heavy atom. The summed E-state index contributed by atoms with van der Waals surface area (Å²) in [5, 5.41) is 7.90. The summed E-state index contributed by atoms with van der Waals surface area (Å²) in [5.74, 6) is -5.37. The molecule has 0 bridgehead atoms. The lowest BCUT2D eigenvalue weighted by Crippen LogP contribution is -2.58. The Labute approximate surface area is 276 Å². The van der Waals surface area contributed by atoms with Crippen LogP contribution in [-0.2, 0) is 26.0 Å². The first-order chi connectivity index (χ1) is 22.9. The van der Waals surface area contributed by atoms with Crippen molar-refractivity contribution in [2.75, 3.05) is 25.5 Å². The normalized spacial score (nSPS) is 19.7. The number of anilines is 1. The molecule has 10 nitrogen and oxygen atoms in total. The van der Waals surface area contributed by atoms with Crippen molar-refractivity contribution in [3.63, 3.8) is 0 Å². The van der Waals surface area contributed by atoms with Gasteiger partial charge in [0.2, 0.25) is 15.9 Å². The lowest BCUT2D eigenvalue weighted by molar-refractivity contribution is -0.118. The first-order valence-corrected chi connectivity index (χ1v) is 17.1. The Morgan fingerprint density at radius 1 is 1.00 bits per heavy atom. The van der Waals surface area contributed by atoms with Gasteiger partial charge in [0.05, 0.1) is 30.4 Å². The van der Waals surface area contributed by atoms with Crippen LogP contribution in [0, 0.1) is 23.3 Å². The largest absolute Gasteiger partial charge is 0.453 e. The number of alkyl carbamates (subject to hydrolysis) is 1. The molecule has 48 heavy (non-hydrogen) atoms. The maximum Gasteiger partial charge on any atom is 0.407 e. The summed E-state index contributed by atoms with van der Waals surface area (Å²) in [6, 6.07) is 5.27. The van der Waals surface area contributed by atoms with Crippen molar-refractivity contribution in [3.8, 4) is 0 Å². The molecule has 5 rings (SSSR count). The van der Waals surface area contributed by atoms with Gasteiger partial charge < -0.3 is 20.7 Å². The third-order valence-corrected chi connectivity index (χ3v) is 11.2. The molecular weight excluding hydrogens is 654 g/mol. The SMILES string of the molecule is COC(=O)NC(C(=O)Nc1cncc(F)c1CCCC1CNCC(C)N1S(=O)(=O)C1CC1)C(c1ccc(F)cc1)c1cc(F)cc(F)c1. The number of hydrogen-bond acceptors (Lipinski definition) is 7. The summed E-state index contributed by atoms with van der Waals surface area (Å²) in [7, 11) is -2.40. The molecule has 4 unspecified atom stereocenters. The van der Waals surface area contributed by atoms with Crippen molar-refractivity contribution >= 4 is 27.7 Å². The summed E-state index contributed by atoms with van der Waals surface area (Å²) in [6.07, 6.45) is 3.34. The van der Waals surface area contributed by atoms with Gasteiger partial charge in [-0.05, 0) is 74.4 Å². The number of carbonyl (C=O) groups is 2. The van der Waals surface area contributed by atoms with Crippen LogP contribution in [0.15, 0.2) is 54.9 Å². The fourth-order valence-corrected chi connectivity index (χ4v) is 8.51. The van der Waals surface area contributed by atoms with Gasteiger partial charge in [-0.15, -0.1) is 0 Å².